The molecular weight excluding hydrogens is 482 g/mol. The summed E-state index contributed by atoms with van der Waals surface area (Å²) in [6, 6.07) is 25.6. The van der Waals surface area contributed by atoms with Crippen LogP contribution in [-0.4, -0.2) is 27.8 Å². The molecule has 1 aromatic heterocycles. The smallest absolute Gasteiger partial charge is 0.231 e. The fourth-order valence-electron chi connectivity index (χ4n) is 4.96. The van der Waals surface area contributed by atoms with Gasteiger partial charge in [0, 0.05) is 31.7 Å². The third-order valence-electron chi connectivity index (χ3n) is 7.21. The summed E-state index contributed by atoms with van der Waals surface area (Å²) in [6.45, 7) is 10.4. The van der Waals surface area contributed by atoms with Crippen molar-refractivity contribution < 1.29 is 9.47 Å². The van der Waals surface area contributed by atoms with Crippen LogP contribution in [-0.2, 0) is 19.6 Å². The number of ether oxygens (including phenoxy) is 2. The van der Waals surface area contributed by atoms with Crippen LogP contribution in [0.3, 0.4) is 0 Å². The molecule has 5 heteroatoms. The Balaban J connectivity index is 1.39. The first-order valence-electron chi connectivity index (χ1n) is 14.1. The molecule has 5 rings (SSSR count). The highest BCUT2D eigenvalue weighted by atomic mass is 16.7. The van der Waals surface area contributed by atoms with Gasteiger partial charge in [-0.3, -0.25) is 4.90 Å². The number of aromatic nitrogens is 2. The summed E-state index contributed by atoms with van der Waals surface area (Å²) in [6.07, 6.45) is 8.81. The molecule has 3 aromatic carbocycles. The zero-order valence-electron chi connectivity index (χ0n) is 23.3. The van der Waals surface area contributed by atoms with Gasteiger partial charge in [-0.2, -0.15) is 0 Å². The van der Waals surface area contributed by atoms with Crippen molar-refractivity contribution in [2.45, 2.75) is 59.2 Å². The molecule has 0 radical (unpaired) electrons. The highest BCUT2D eigenvalue weighted by molar-refractivity contribution is 5.56. The number of fused-ring (bicyclic) bond motifs is 1. The molecule has 0 N–H and O–H groups in total. The molecule has 1 aliphatic heterocycles. The van der Waals surface area contributed by atoms with E-state index in [1.807, 2.05) is 6.07 Å². The Hall–Kier alpha value is -3.83. The van der Waals surface area contributed by atoms with E-state index in [9.17, 15) is 0 Å². The molecule has 39 heavy (non-hydrogen) atoms. The molecule has 2 heterocycles. The van der Waals surface area contributed by atoms with Gasteiger partial charge in [0.1, 0.15) is 5.82 Å². The fraction of sp³-hybridized carbons (Fsp3) is 0.324. The average Bonchev–Trinajstić information content (AvgIpc) is 3.59. The highest BCUT2D eigenvalue weighted by Gasteiger charge is 2.17. The molecule has 0 fully saturated rings. The lowest BCUT2D eigenvalue weighted by Crippen LogP contribution is -2.24. The van der Waals surface area contributed by atoms with Crippen LogP contribution in [0, 0.1) is 0 Å². The second kappa shape index (κ2) is 12.8. The summed E-state index contributed by atoms with van der Waals surface area (Å²) in [5, 5.41) is 0. The molecule has 1 aliphatic rings. The predicted molar refractivity (Wildman–Crippen MR) is 159 cm³/mol. The number of rotatable bonds is 12. The molecule has 0 atom stereocenters. The minimum absolute atomic E-state index is 0.291. The summed E-state index contributed by atoms with van der Waals surface area (Å²) >= 11 is 0. The van der Waals surface area contributed by atoms with Crippen molar-refractivity contribution in [3.63, 3.8) is 0 Å². The lowest BCUT2D eigenvalue weighted by molar-refractivity contribution is 0.174. The van der Waals surface area contributed by atoms with Gasteiger partial charge in [-0.25, -0.2) is 4.98 Å². The standard InChI is InChI=1S/C34H39N3O2/c1-4-5-20-37-31(22-35-34(37)30-11-7-6-8-12-30)24-36(23-28-15-18-32-33(21-28)39-25-38-32)19-9-10-27-13-16-29(17-14-27)26(2)3/h6-18,21-22,26H,4-5,19-20,23-25H2,1-3H3. The topological polar surface area (TPSA) is 39.5 Å². The molecule has 0 saturated carbocycles. The minimum Gasteiger partial charge on any atom is -0.454 e. The maximum atomic E-state index is 5.65. The summed E-state index contributed by atoms with van der Waals surface area (Å²) in [5.74, 6) is 3.23. The quantitative estimate of drug-likeness (QED) is 0.190. The SMILES string of the molecule is CCCCn1c(CN(CC=Cc2ccc(C(C)C)cc2)Cc2ccc3c(c2)OCO3)cnc1-c1ccccc1. The summed E-state index contributed by atoms with van der Waals surface area (Å²) < 4.78 is 13.6. The molecule has 0 spiro atoms. The maximum absolute atomic E-state index is 5.65. The van der Waals surface area contributed by atoms with Crippen molar-refractivity contribution in [2.24, 2.45) is 0 Å². The van der Waals surface area contributed by atoms with E-state index < -0.39 is 0 Å². The Morgan fingerprint density at radius 1 is 0.949 bits per heavy atom. The summed E-state index contributed by atoms with van der Waals surface area (Å²) in [5.41, 5.74) is 6.19. The van der Waals surface area contributed by atoms with E-state index in [0.717, 1.165) is 61.9 Å². The second-order valence-corrected chi connectivity index (χ2v) is 10.5. The molecule has 5 nitrogen and oxygen atoms in total. The van der Waals surface area contributed by atoms with Crippen molar-refractivity contribution in [3.8, 4) is 22.9 Å². The first kappa shape index (κ1) is 26.8. The molecule has 0 amide bonds. The summed E-state index contributed by atoms with van der Waals surface area (Å²) in [7, 11) is 0. The number of imidazole rings is 1. The lowest BCUT2D eigenvalue weighted by Gasteiger charge is -2.22. The van der Waals surface area contributed by atoms with Gasteiger partial charge in [0.05, 0.1) is 11.9 Å². The van der Waals surface area contributed by atoms with E-state index >= 15 is 0 Å². The van der Waals surface area contributed by atoms with Gasteiger partial charge in [0.25, 0.3) is 0 Å². The van der Waals surface area contributed by atoms with Crippen molar-refractivity contribution in [2.75, 3.05) is 13.3 Å². The van der Waals surface area contributed by atoms with Crippen LogP contribution in [0.5, 0.6) is 11.5 Å². The van der Waals surface area contributed by atoms with Crippen LogP contribution in [0.15, 0.2) is 85.1 Å². The van der Waals surface area contributed by atoms with Gasteiger partial charge in [-0.15, -0.1) is 0 Å². The van der Waals surface area contributed by atoms with Gasteiger partial charge in [0.2, 0.25) is 6.79 Å². The third kappa shape index (κ3) is 6.79. The minimum atomic E-state index is 0.291. The Kier molecular flexibility index (Phi) is 8.79. The number of hydrogen-bond acceptors (Lipinski definition) is 4. The van der Waals surface area contributed by atoms with Crippen molar-refractivity contribution in [1.82, 2.24) is 14.5 Å². The number of unbranched alkanes of at least 4 members (excludes halogenated alkanes) is 1. The molecule has 0 saturated heterocycles. The third-order valence-corrected chi connectivity index (χ3v) is 7.21. The highest BCUT2D eigenvalue weighted by Crippen LogP contribution is 2.33. The molecule has 0 unspecified atom stereocenters. The fourth-order valence-corrected chi connectivity index (χ4v) is 4.96. The second-order valence-electron chi connectivity index (χ2n) is 10.5. The van der Waals surface area contributed by atoms with E-state index in [2.05, 4.69) is 115 Å². The molecule has 202 valence electrons. The van der Waals surface area contributed by atoms with Crippen LogP contribution < -0.4 is 9.47 Å². The van der Waals surface area contributed by atoms with Crippen molar-refractivity contribution in [3.05, 3.63) is 107 Å². The lowest BCUT2D eigenvalue weighted by atomic mass is 10.0. The Morgan fingerprint density at radius 3 is 2.51 bits per heavy atom. The van der Waals surface area contributed by atoms with Gasteiger partial charge >= 0.3 is 0 Å². The van der Waals surface area contributed by atoms with Crippen LogP contribution >= 0.6 is 0 Å². The van der Waals surface area contributed by atoms with Crippen LogP contribution in [0.2, 0.25) is 0 Å². The number of hydrogen-bond donors (Lipinski definition) is 0. The molecular formula is C34H39N3O2. The van der Waals surface area contributed by atoms with E-state index in [1.165, 1.54) is 22.4 Å². The normalized spacial score (nSPS) is 12.7. The summed E-state index contributed by atoms with van der Waals surface area (Å²) in [4.78, 5) is 7.34. The Labute approximate surface area is 232 Å². The largest absolute Gasteiger partial charge is 0.454 e. The average molecular weight is 522 g/mol. The number of benzene rings is 3. The Bertz CT molecular complexity index is 1370. The molecule has 0 bridgehead atoms. The van der Waals surface area contributed by atoms with Crippen LogP contribution in [0.4, 0.5) is 0 Å². The maximum Gasteiger partial charge on any atom is 0.231 e. The first-order chi connectivity index (χ1) is 19.1. The zero-order chi connectivity index (χ0) is 27.0. The van der Waals surface area contributed by atoms with Gasteiger partial charge in [-0.05, 0) is 41.2 Å². The Morgan fingerprint density at radius 2 is 1.74 bits per heavy atom. The van der Waals surface area contributed by atoms with E-state index in [0.29, 0.717) is 12.7 Å². The monoisotopic (exact) mass is 521 g/mol. The van der Waals surface area contributed by atoms with Gasteiger partial charge < -0.3 is 14.0 Å². The van der Waals surface area contributed by atoms with Crippen LogP contribution in [0.25, 0.3) is 17.5 Å². The number of nitrogens with zero attached hydrogens (tertiary/aromatic N) is 3. The predicted octanol–water partition coefficient (Wildman–Crippen LogP) is 7.92. The molecule has 4 aromatic rings. The van der Waals surface area contributed by atoms with Crippen molar-refractivity contribution in [1.29, 1.82) is 0 Å². The molecule has 0 aliphatic carbocycles. The van der Waals surface area contributed by atoms with E-state index in [-0.39, 0.29) is 0 Å². The van der Waals surface area contributed by atoms with Crippen LogP contribution in [0.1, 0.15) is 61.9 Å². The van der Waals surface area contributed by atoms with E-state index in [1.54, 1.807) is 0 Å². The zero-order valence-corrected chi connectivity index (χ0v) is 23.3. The first-order valence-corrected chi connectivity index (χ1v) is 14.1. The van der Waals surface area contributed by atoms with Gasteiger partial charge in [0.15, 0.2) is 11.5 Å². The van der Waals surface area contributed by atoms with E-state index in [4.69, 9.17) is 14.5 Å². The van der Waals surface area contributed by atoms with Gasteiger partial charge in [-0.1, -0.05) is 100 Å². The van der Waals surface area contributed by atoms with Crippen molar-refractivity contribution >= 4 is 6.08 Å².